The van der Waals surface area contributed by atoms with Crippen LogP contribution in [-0.2, 0) is 14.3 Å². The van der Waals surface area contributed by atoms with E-state index >= 15 is 0 Å². The molecule has 2 unspecified atom stereocenters. The maximum atomic E-state index is 12.6. The summed E-state index contributed by atoms with van der Waals surface area (Å²) >= 11 is 0. The molecule has 0 rings (SSSR count). The van der Waals surface area contributed by atoms with Gasteiger partial charge >= 0.3 is 5.97 Å². The summed E-state index contributed by atoms with van der Waals surface area (Å²) in [5.41, 5.74) is 0. The molecule has 0 aromatic heterocycles. The lowest BCUT2D eigenvalue weighted by Gasteiger charge is -2.22. The van der Waals surface area contributed by atoms with Gasteiger partial charge in [0.05, 0.1) is 25.4 Å². The molecule has 0 aromatic rings. The lowest BCUT2D eigenvalue weighted by Crippen LogP contribution is -2.45. The smallest absolute Gasteiger partial charge is 0.305 e. The van der Waals surface area contributed by atoms with Gasteiger partial charge in [0, 0.05) is 12.8 Å². The molecule has 0 fully saturated rings. The number of unbranched alkanes of at least 4 members (excludes halogenated alkanes) is 61. The van der Waals surface area contributed by atoms with Gasteiger partial charge in [-0.25, -0.2) is 0 Å². The van der Waals surface area contributed by atoms with E-state index in [1.54, 1.807) is 0 Å². The minimum atomic E-state index is -0.664. The zero-order valence-corrected chi connectivity index (χ0v) is 55.6. The first kappa shape index (κ1) is 79.9. The molecule has 0 bridgehead atoms. The number of hydrogen-bond donors (Lipinski definition) is 3. The summed E-state index contributed by atoms with van der Waals surface area (Å²) in [6.45, 7) is 5.02. The number of nitrogens with one attached hydrogen (secondary N) is 1. The van der Waals surface area contributed by atoms with Gasteiger partial charge in [-0.1, -0.05) is 406 Å². The van der Waals surface area contributed by atoms with Crippen molar-refractivity contribution in [1.29, 1.82) is 0 Å². The number of esters is 1. The van der Waals surface area contributed by atoms with Crippen LogP contribution in [-0.4, -0.2) is 47.4 Å². The van der Waals surface area contributed by atoms with Crippen LogP contribution in [0.5, 0.6) is 0 Å². The van der Waals surface area contributed by atoms with Crippen LogP contribution in [0.2, 0.25) is 0 Å². The van der Waals surface area contributed by atoms with Gasteiger partial charge in [0.2, 0.25) is 5.91 Å². The monoisotopic (exact) mass is 1140 g/mol. The molecule has 0 aromatic carbocycles. The average molecular weight is 1150 g/mol. The molecule has 6 heteroatoms. The van der Waals surface area contributed by atoms with Gasteiger partial charge in [0.1, 0.15) is 0 Å². The number of amides is 1. The Hall–Kier alpha value is -1.14. The zero-order chi connectivity index (χ0) is 58.5. The highest BCUT2D eigenvalue weighted by atomic mass is 16.5. The van der Waals surface area contributed by atoms with E-state index in [4.69, 9.17) is 4.74 Å². The summed E-state index contributed by atoms with van der Waals surface area (Å²) in [6.07, 6.45) is 87.4. The van der Waals surface area contributed by atoms with E-state index in [-0.39, 0.29) is 18.5 Å². The average Bonchev–Trinajstić information content (AvgIpc) is 3.47. The van der Waals surface area contributed by atoms with E-state index in [1.165, 1.54) is 372 Å². The number of rotatable bonds is 72. The fourth-order valence-corrected chi connectivity index (χ4v) is 12.4. The van der Waals surface area contributed by atoms with Gasteiger partial charge < -0.3 is 20.3 Å². The van der Waals surface area contributed by atoms with Crippen LogP contribution in [0.3, 0.4) is 0 Å². The third kappa shape index (κ3) is 67.9. The largest absolute Gasteiger partial charge is 0.466 e. The van der Waals surface area contributed by atoms with Crippen LogP contribution in [0.1, 0.15) is 444 Å². The summed E-state index contributed by atoms with van der Waals surface area (Å²) in [5.74, 6) is -0.00639. The first-order valence-corrected chi connectivity index (χ1v) is 37.8. The van der Waals surface area contributed by atoms with Crippen LogP contribution in [0.25, 0.3) is 0 Å². The van der Waals surface area contributed by atoms with E-state index in [9.17, 15) is 19.8 Å². The predicted octanol–water partition coefficient (Wildman–Crippen LogP) is 24.5. The second kappa shape index (κ2) is 71.3. The van der Waals surface area contributed by atoms with Crippen molar-refractivity contribution in [3.63, 3.8) is 0 Å². The van der Waals surface area contributed by atoms with Gasteiger partial charge in [-0.15, -0.1) is 0 Å². The van der Waals surface area contributed by atoms with Gasteiger partial charge in [-0.05, 0) is 25.7 Å². The molecule has 0 spiro atoms. The normalized spacial score (nSPS) is 12.4. The van der Waals surface area contributed by atoms with Gasteiger partial charge in [0.25, 0.3) is 0 Å². The lowest BCUT2D eigenvalue weighted by atomic mass is 10.0. The van der Waals surface area contributed by atoms with E-state index < -0.39 is 12.1 Å². The summed E-state index contributed by atoms with van der Waals surface area (Å²) < 4.78 is 5.51. The summed E-state index contributed by atoms with van der Waals surface area (Å²) in [6, 6.07) is -0.541. The van der Waals surface area contributed by atoms with Crippen molar-refractivity contribution in [3.8, 4) is 0 Å². The highest BCUT2D eigenvalue weighted by Gasteiger charge is 2.20. The Morgan fingerprint density at radius 2 is 0.506 bits per heavy atom. The molecule has 0 aliphatic heterocycles. The van der Waals surface area contributed by atoms with E-state index in [0.717, 1.165) is 38.5 Å². The Balaban J connectivity index is 3.35. The van der Waals surface area contributed by atoms with Crippen molar-refractivity contribution in [2.24, 2.45) is 0 Å². The van der Waals surface area contributed by atoms with Crippen LogP contribution in [0, 0.1) is 0 Å². The Morgan fingerprint density at radius 1 is 0.296 bits per heavy atom. The number of carbonyl (C=O) groups excluding carboxylic acids is 2. The third-order valence-corrected chi connectivity index (χ3v) is 18.2. The third-order valence-electron chi connectivity index (χ3n) is 18.2. The van der Waals surface area contributed by atoms with Crippen molar-refractivity contribution in [1.82, 2.24) is 5.32 Å². The number of hydrogen-bond acceptors (Lipinski definition) is 5. The van der Waals surface area contributed by atoms with Crippen molar-refractivity contribution in [2.75, 3.05) is 13.2 Å². The predicted molar refractivity (Wildman–Crippen MR) is 357 cm³/mol. The van der Waals surface area contributed by atoms with E-state index in [2.05, 4.69) is 19.2 Å². The molecule has 2 atom stereocenters. The molecule has 484 valence electrons. The Kier molecular flexibility index (Phi) is 70.3. The van der Waals surface area contributed by atoms with E-state index in [0.29, 0.717) is 25.9 Å². The minimum Gasteiger partial charge on any atom is -0.466 e. The maximum Gasteiger partial charge on any atom is 0.305 e. The maximum absolute atomic E-state index is 12.6. The summed E-state index contributed by atoms with van der Waals surface area (Å²) in [5, 5.41) is 23.5. The van der Waals surface area contributed by atoms with Crippen LogP contribution in [0.4, 0.5) is 0 Å². The molecule has 0 heterocycles. The second-order valence-corrected chi connectivity index (χ2v) is 26.4. The quantitative estimate of drug-likeness (QED) is 0.0417. The van der Waals surface area contributed by atoms with Gasteiger partial charge in [-0.3, -0.25) is 9.59 Å². The molecular formula is C75H149NO5. The molecule has 1 amide bonds. The molecule has 81 heavy (non-hydrogen) atoms. The molecule has 0 aliphatic rings. The van der Waals surface area contributed by atoms with Gasteiger partial charge in [0.15, 0.2) is 0 Å². The van der Waals surface area contributed by atoms with E-state index in [1.807, 2.05) is 0 Å². The number of carbonyl (C=O) groups is 2. The van der Waals surface area contributed by atoms with Crippen LogP contribution in [0.15, 0.2) is 0 Å². The molecule has 0 saturated carbocycles. The van der Waals surface area contributed by atoms with Crippen molar-refractivity contribution < 1.29 is 24.5 Å². The molecule has 0 saturated heterocycles. The highest BCUT2D eigenvalue weighted by Crippen LogP contribution is 2.20. The SMILES string of the molecule is CCCCCCCCCCCCCCCCCCCCCCCCCC(O)C(CO)NC(=O)CCCCCCCCCCCCCCCCCCCCCCCCCCOC(=O)CCCCCCCCCCCCCCCCCCC. The lowest BCUT2D eigenvalue weighted by molar-refractivity contribution is -0.143. The fraction of sp³-hybridized carbons (Fsp3) is 0.973. The summed E-state index contributed by atoms with van der Waals surface area (Å²) in [7, 11) is 0. The summed E-state index contributed by atoms with van der Waals surface area (Å²) in [4.78, 5) is 24.7. The Labute approximate surface area is 508 Å². The first-order valence-electron chi connectivity index (χ1n) is 37.8. The standard InChI is InChI=1S/C75H149NO5/c1-3-5-7-9-11-13-15-17-19-21-22-23-26-29-32-36-39-43-47-51-55-59-63-67-73(78)72(71-77)76-74(79)68-64-60-56-52-48-44-40-37-33-30-27-24-25-28-31-34-38-42-46-50-54-58-62-66-70-81-75(80)69-65-61-57-53-49-45-41-35-20-18-16-14-12-10-8-6-4-2/h72-73,77-78H,3-71H2,1-2H3,(H,76,79). The molecule has 6 nitrogen and oxygen atoms in total. The van der Waals surface area contributed by atoms with Crippen molar-refractivity contribution in [3.05, 3.63) is 0 Å². The van der Waals surface area contributed by atoms with Crippen molar-refractivity contribution >= 4 is 11.9 Å². The fourth-order valence-electron chi connectivity index (χ4n) is 12.4. The first-order chi connectivity index (χ1) is 40.0. The highest BCUT2D eigenvalue weighted by molar-refractivity contribution is 5.76. The Morgan fingerprint density at radius 3 is 0.753 bits per heavy atom. The molecule has 0 aliphatic carbocycles. The number of ether oxygens (including phenoxy) is 1. The number of aliphatic hydroxyl groups excluding tert-OH is 2. The number of aliphatic hydroxyl groups is 2. The zero-order valence-electron chi connectivity index (χ0n) is 55.6. The van der Waals surface area contributed by atoms with Crippen molar-refractivity contribution in [2.45, 2.75) is 456 Å². The molecule has 0 radical (unpaired) electrons. The van der Waals surface area contributed by atoms with Crippen LogP contribution >= 0.6 is 0 Å². The second-order valence-electron chi connectivity index (χ2n) is 26.4. The minimum absolute atomic E-state index is 0.0212. The Bertz CT molecular complexity index is 1180. The van der Waals surface area contributed by atoms with Gasteiger partial charge in [-0.2, -0.15) is 0 Å². The van der Waals surface area contributed by atoms with Crippen LogP contribution < -0.4 is 5.32 Å². The molecule has 3 N–H and O–H groups in total. The molecular weight excluding hydrogens is 995 g/mol. The topological polar surface area (TPSA) is 95.9 Å².